The number of carbonyl (C=O) groups is 2. The lowest BCUT2D eigenvalue weighted by atomic mass is 10.3. The Labute approximate surface area is 97.7 Å². The molecule has 0 aromatic heterocycles. The standard InChI is InChI=1S/C10H11ClN2O3/c1-7(14)12-13-10(15)6-16-9-5-3-2-4-8(9)11/h2-5H,6H2,1H3,(H,12,14)(H,13,15). The van der Waals surface area contributed by atoms with Crippen molar-refractivity contribution in [2.45, 2.75) is 6.92 Å². The van der Waals surface area contributed by atoms with Gasteiger partial charge >= 0.3 is 0 Å². The molecule has 0 heterocycles. The molecule has 0 saturated heterocycles. The number of carbonyl (C=O) groups excluding carboxylic acids is 2. The van der Waals surface area contributed by atoms with Crippen LogP contribution in [0.15, 0.2) is 24.3 Å². The summed E-state index contributed by atoms with van der Waals surface area (Å²) in [5, 5.41) is 0.426. The topological polar surface area (TPSA) is 67.4 Å². The van der Waals surface area contributed by atoms with E-state index in [1.165, 1.54) is 6.92 Å². The molecule has 1 rings (SSSR count). The van der Waals surface area contributed by atoms with Crippen LogP contribution < -0.4 is 15.6 Å². The number of hydrogen-bond donors (Lipinski definition) is 2. The van der Waals surface area contributed by atoms with Gasteiger partial charge in [-0.2, -0.15) is 0 Å². The van der Waals surface area contributed by atoms with Crippen LogP contribution in [0.1, 0.15) is 6.92 Å². The summed E-state index contributed by atoms with van der Waals surface area (Å²) >= 11 is 5.81. The smallest absolute Gasteiger partial charge is 0.276 e. The lowest BCUT2D eigenvalue weighted by molar-refractivity contribution is -0.129. The van der Waals surface area contributed by atoms with Gasteiger partial charge in [0.05, 0.1) is 5.02 Å². The van der Waals surface area contributed by atoms with Gasteiger partial charge in [-0.25, -0.2) is 0 Å². The first kappa shape index (κ1) is 12.3. The number of halogens is 1. The lowest BCUT2D eigenvalue weighted by Gasteiger charge is -2.08. The van der Waals surface area contributed by atoms with E-state index < -0.39 is 5.91 Å². The third-order valence-electron chi connectivity index (χ3n) is 1.57. The van der Waals surface area contributed by atoms with Crippen molar-refractivity contribution in [2.24, 2.45) is 0 Å². The predicted octanol–water partition coefficient (Wildman–Crippen LogP) is 0.886. The highest BCUT2D eigenvalue weighted by molar-refractivity contribution is 6.32. The van der Waals surface area contributed by atoms with Crippen molar-refractivity contribution in [2.75, 3.05) is 6.61 Å². The van der Waals surface area contributed by atoms with E-state index >= 15 is 0 Å². The minimum absolute atomic E-state index is 0.218. The van der Waals surface area contributed by atoms with Gasteiger partial charge in [-0.05, 0) is 12.1 Å². The number of nitrogens with one attached hydrogen (secondary N) is 2. The van der Waals surface area contributed by atoms with Gasteiger partial charge in [0.25, 0.3) is 5.91 Å². The normalized spacial score (nSPS) is 9.38. The van der Waals surface area contributed by atoms with Crippen LogP contribution in [0.4, 0.5) is 0 Å². The zero-order valence-corrected chi connectivity index (χ0v) is 9.38. The van der Waals surface area contributed by atoms with Crippen molar-refractivity contribution >= 4 is 23.4 Å². The monoisotopic (exact) mass is 242 g/mol. The minimum atomic E-state index is -0.463. The summed E-state index contributed by atoms with van der Waals surface area (Å²) in [4.78, 5) is 21.6. The van der Waals surface area contributed by atoms with Gasteiger partial charge in [0.2, 0.25) is 5.91 Å². The Morgan fingerprint density at radius 2 is 2.00 bits per heavy atom. The molecule has 1 aromatic carbocycles. The quantitative estimate of drug-likeness (QED) is 0.774. The average molecular weight is 243 g/mol. The van der Waals surface area contributed by atoms with Crippen molar-refractivity contribution < 1.29 is 14.3 Å². The first-order chi connectivity index (χ1) is 7.59. The molecule has 0 spiro atoms. The molecular formula is C10H11ClN2O3. The highest BCUT2D eigenvalue weighted by Crippen LogP contribution is 2.22. The average Bonchev–Trinajstić information content (AvgIpc) is 2.25. The van der Waals surface area contributed by atoms with Gasteiger partial charge in [0, 0.05) is 6.92 Å². The first-order valence-corrected chi connectivity index (χ1v) is 4.90. The molecule has 0 aliphatic rings. The van der Waals surface area contributed by atoms with Gasteiger partial charge < -0.3 is 4.74 Å². The highest BCUT2D eigenvalue weighted by Gasteiger charge is 2.04. The molecule has 0 bridgehead atoms. The number of benzene rings is 1. The Bertz CT molecular complexity index is 395. The van der Waals surface area contributed by atoms with Crippen LogP contribution in [0.3, 0.4) is 0 Å². The fourth-order valence-electron chi connectivity index (χ4n) is 0.899. The Morgan fingerprint density at radius 3 is 2.62 bits per heavy atom. The third kappa shape index (κ3) is 4.18. The highest BCUT2D eigenvalue weighted by atomic mass is 35.5. The first-order valence-electron chi connectivity index (χ1n) is 4.52. The van der Waals surface area contributed by atoms with E-state index in [1.54, 1.807) is 24.3 Å². The van der Waals surface area contributed by atoms with Gasteiger partial charge in [-0.15, -0.1) is 0 Å². The summed E-state index contributed by atoms with van der Waals surface area (Å²) in [6.07, 6.45) is 0. The number of hydrogen-bond acceptors (Lipinski definition) is 3. The van der Waals surface area contributed by atoms with Crippen LogP contribution in [-0.4, -0.2) is 18.4 Å². The molecule has 0 fully saturated rings. The van der Waals surface area contributed by atoms with Crippen molar-refractivity contribution in [1.29, 1.82) is 0 Å². The molecular weight excluding hydrogens is 232 g/mol. The molecule has 1 aromatic rings. The number of ether oxygens (including phenoxy) is 1. The molecule has 5 nitrogen and oxygen atoms in total. The largest absolute Gasteiger partial charge is 0.482 e. The molecule has 0 aliphatic heterocycles. The van der Waals surface area contributed by atoms with Gasteiger partial charge in [-0.3, -0.25) is 20.4 Å². The molecule has 0 unspecified atom stereocenters. The van der Waals surface area contributed by atoms with E-state index in [2.05, 4.69) is 10.9 Å². The van der Waals surface area contributed by atoms with Gasteiger partial charge in [0.1, 0.15) is 5.75 Å². The second-order valence-corrected chi connectivity index (χ2v) is 3.36. The van der Waals surface area contributed by atoms with E-state index in [0.717, 1.165) is 0 Å². The molecule has 0 radical (unpaired) electrons. The number of hydrazine groups is 1. The van der Waals surface area contributed by atoms with Crippen LogP contribution in [0, 0.1) is 0 Å². The maximum absolute atomic E-state index is 11.1. The van der Waals surface area contributed by atoms with Crippen molar-refractivity contribution in [3.63, 3.8) is 0 Å². The number of para-hydroxylation sites is 1. The summed E-state index contributed by atoms with van der Waals surface area (Å²) in [6, 6.07) is 6.80. The zero-order chi connectivity index (χ0) is 12.0. The Hall–Kier alpha value is -1.75. The molecule has 2 amide bonds. The van der Waals surface area contributed by atoms with E-state index in [4.69, 9.17) is 16.3 Å². The van der Waals surface area contributed by atoms with Crippen molar-refractivity contribution in [3.8, 4) is 5.75 Å². The summed E-state index contributed by atoms with van der Waals surface area (Å²) in [7, 11) is 0. The molecule has 16 heavy (non-hydrogen) atoms. The van der Waals surface area contributed by atoms with Gasteiger partial charge in [0.15, 0.2) is 6.61 Å². The third-order valence-corrected chi connectivity index (χ3v) is 1.89. The van der Waals surface area contributed by atoms with Crippen molar-refractivity contribution in [3.05, 3.63) is 29.3 Å². The van der Waals surface area contributed by atoms with E-state index in [9.17, 15) is 9.59 Å². The molecule has 86 valence electrons. The lowest BCUT2D eigenvalue weighted by Crippen LogP contribution is -2.42. The molecule has 0 aliphatic carbocycles. The molecule has 0 saturated carbocycles. The maximum atomic E-state index is 11.1. The van der Waals surface area contributed by atoms with Crippen LogP contribution in [0.25, 0.3) is 0 Å². The summed E-state index contributed by atoms with van der Waals surface area (Å²) in [5.41, 5.74) is 4.31. The summed E-state index contributed by atoms with van der Waals surface area (Å²) < 4.78 is 5.14. The fourth-order valence-corrected chi connectivity index (χ4v) is 1.09. The number of rotatable bonds is 3. The Kier molecular flexibility index (Phi) is 4.60. The molecule has 2 N–H and O–H groups in total. The predicted molar refractivity (Wildman–Crippen MR) is 58.9 cm³/mol. The van der Waals surface area contributed by atoms with E-state index in [1.807, 2.05) is 0 Å². The van der Waals surface area contributed by atoms with E-state index in [-0.39, 0.29) is 12.5 Å². The van der Waals surface area contributed by atoms with Crippen LogP contribution in [0.2, 0.25) is 5.02 Å². The number of amides is 2. The van der Waals surface area contributed by atoms with Crippen LogP contribution in [0.5, 0.6) is 5.75 Å². The molecule has 6 heteroatoms. The Balaban J connectivity index is 2.37. The summed E-state index contributed by atoms with van der Waals surface area (Å²) in [6.45, 7) is 1.07. The van der Waals surface area contributed by atoms with Gasteiger partial charge in [-0.1, -0.05) is 23.7 Å². The van der Waals surface area contributed by atoms with E-state index in [0.29, 0.717) is 10.8 Å². The second kappa shape index (κ2) is 5.97. The maximum Gasteiger partial charge on any atom is 0.276 e. The van der Waals surface area contributed by atoms with Crippen molar-refractivity contribution in [1.82, 2.24) is 10.9 Å². The Morgan fingerprint density at radius 1 is 1.31 bits per heavy atom. The second-order valence-electron chi connectivity index (χ2n) is 2.95. The minimum Gasteiger partial charge on any atom is -0.482 e. The SMILES string of the molecule is CC(=O)NNC(=O)COc1ccccc1Cl. The molecule has 0 atom stereocenters. The zero-order valence-electron chi connectivity index (χ0n) is 8.62. The summed E-state index contributed by atoms with van der Waals surface area (Å²) in [5.74, 6) is -0.400. The van der Waals surface area contributed by atoms with Crippen LogP contribution in [-0.2, 0) is 9.59 Å². The van der Waals surface area contributed by atoms with Crippen LogP contribution >= 0.6 is 11.6 Å². The fraction of sp³-hybridized carbons (Fsp3) is 0.200.